The summed E-state index contributed by atoms with van der Waals surface area (Å²) < 4.78 is 9.08. The molecule has 2 aromatic heterocycles. The maximum absolute atomic E-state index is 6.52. The predicted molar refractivity (Wildman–Crippen MR) is 335 cm³/mol. The molecule has 0 radical (unpaired) electrons. The first-order chi connectivity index (χ1) is 39.7. The van der Waals surface area contributed by atoms with Gasteiger partial charge in [-0.3, -0.25) is 0 Å². The minimum atomic E-state index is -2.79. The van der Waals surface area contributed by atoms with E-state index in [1.807, 2.05) is 0 Å². The van der Waals surface area contributed by atoms with Crippen molar-refractivity contribution in [2.24, 2.45) is 23.7 Å². The SMILES string of the molecule is c1ccc([Si](c2ccccc2)(c2ccccc2)c2ccc(-c3cc(-c4cccc5oc6ccccc6c45)ccc3-n3c4ccccc4c4c(N5c6ccccc6C6(c7ccccc75)C5CC7CC(C5)CC6C7)cccc43)cc2)cc1. The minimum absolute atomic E-state index is 0.0315. The summed E-state index contributed by atoms with van der Waals surface area (Å²) in [5, 5.41) is 10.2. The van der Waals surface area contributed by atoms with Gasteiger partial charge < -0.3 is 13.9 Å². The summed E-state index contributed by atoms with van der Waals surface area (Å²) in [4.78, 5) is 2.65. The average molecular weight is 1040 g/mol. The zero-order valence-corrected chi connectivity index (χ0v) is 45.6. The van der Waals surface area contributed by atoms with Gasteiger partial charge >= 0.3 is 0 Å². The number of benzene rings is 11. The van der Waals surface area contributed by atoms with E-state index in [0.29, 0.717) is 11.8 Å². The number of fused-ring (bicyclic) bond motifs is 8. The highest BCUT2D eigenvalue weighted by atomic mass is 28.3. The Kier molecular flexibility index (Phi) is 10.2. The fourth-order valence-corrected chi connectivity index (χ4v) is 21.7. The topological polar surface area (TPSA) is 21.3 Å². The molecule has 11 aromatic carbocycles. The highest BCUT2D eigenvalue weighted by molar-refractivity contribution is 7.19. The van der Waals surface area contributed by atoms with Crippen molar-refractivity contribution >= 4 is 89.6 Å². The summed E-state index contributed by atoms with van der Waals surface area (Å²) in [5.41, 5.74) is 16.9. The molecule has 4 bridgehead atoms. The van der Waals surface area contributed by atoms with E-state index in [4.69, 9.17) is 4.42 Å². The monoisotopic (exact) mass is 1040 g/mol. The van der Waals surface area contributed by atoms with Crippen LogP contribution in [-0.4, -0.2) is 12.6 Å². The van der Waals surface area contributed by atoms with E-state index in [2.05, 4.69) is 276 Å². The molecule has 4 fully saturated rings. The van der Waals surface area contributed by atoms with Crippen LogP contribution in [0.1, 0.15) is 43.2 Å². The Hall–Kier alpha value is -8.96. The van der Waals surface area contributed by atoms with E-state index in [1.54, 1.807) is 0 Å². The van der Waals surface area contributed by atoms with Crippen molar-refractivity contribution in [3.63, 3.8) is 0 Å². The molecule has 4 heteroatoms. The third-order valence-electron chi connectivity index (χ3n) is 19.7. The number of para-hydroxylation sites is 4. The molecule has 0 N–H and O–H groups in total. The summed E-state index contributed by atoms with van der Waals surface area (Å²) in [6, 6.07) is 101. The largest absolute Gasteiger partial charge is 0.456 e. The van der Waals surface area contributed by atoms with Crippen LogP contribution in [0.15, 0.2) is 271 Å². The number of aromatic nitrogens is 1. The van der Waals surface area contributed by atoms with Crippen molar-refractivity contribution in [2.75, 3.05) is 4.90 Å². The Balaban J connectivity index is 0.899. The van der Waals surface area contributed by atoms with Gasteiger partial charge in [0.05, 0.1) is 33.8 Å². The lowest BCUT2D eigenvalue weighted by molar-refractivity contribution is -0.0419. The van der Waals surface area contributed by atoms with Crippen LogP contribution in [-0.2, 0) is 5.41 Å². The number of nitrogens with zero attached hydrogens (tertiary/aromatic N) is 2. The van der Waals surface area contributed by atoms with E-state index in [9.17, 15) is 0 Å². The van der Waals surface area contributed by atoms with Crippen LogP contribution in [0, 0.1) is 23.7 Å². The van der Waals surface area contributed by atoms with Crippen LogP contribution < -0.4 is 25.6 Å². The van der Waals surface area contributed by atoms with E-state index in [-0.39, 0.29) is 5.41 Å². The molecule has 0 amide bonds. The second-order valence-corrected chi connectivity index (χ2v) is 27.3. The van der Waals surface area contributed by atoms with E-state index in [0.717, 1.165) is 61.7 Å². The highest BCUT2D eigenvalue weighted by Crippen LogP contribution is 2.69. The molecule has 4 aliphatic carbocycles. The third-order valence-corrected chi connectivity index (χ3v) is 24.5. The fraction of sp³-hybridized carbons (Fsp3) is 0.132. The maximum Gasteiger partial charge on any atom is 0.179 e. The lowest BCUT2D eigenvalue weighted by atomic mass is 9.41. The molecule has 3 heterocycles. The first-order valence-electron chi connectivity index (χ1n) is 29.0. The number of anilines is 3. The highest BCUT2D eigenvalue weighted by Gasteiger charge is 2.61. The van der Waals surface area contributed by atoms with Crippen LogP contribution in [0.2, 0.25) is 0 Å². The van der Waals surface area contributed by atoms with Crippen molar-refractivity contribution in [3.05, 3.63) is 278 Å². The number of hydrogen-bond acceptors (Lipinski definition) is 2. The molecular formula is C76H58N2OSi. The van der Waals surface area contributed by atoms with Gasteiger partial charge in [-0.15, -0.1) is 0 Å². The molecule has 18 rings (SSSR count). The van der Waals surface area contributed by atoms with Gasteiger partial charge in [0.15, 0.2) is 8.07 Å². The van der Waals surface area contributed by atoms with Crippen molar-refractivity contribution in [2.45, 2.75) is 37.5 Å². The molecule has 13 aromatic rings. The van der Waals surface area contributed by atoms with E-state index in [1.165, 1.54) is 103 Å². The molecule has 0 saturated heterocycles. The molecule has 3 nitrogen and oxygen atoms in total. The normalized spacial score (nSPS) is 18.8. The summed E-state index contributed by atoms with van der Waals surface area (Å²) in [6.07, 6.45) is 6.86. The quantitative estimate of drug-likeness (QED) is 0.112. The van der Waals surface area contributed by atoms with Gasteiger partial charge in [0.2, 0.25) is 0 Å². The molecule has 382 valence electrons. The third kappa shape index (κ3) is 6.48. The molecule has 4 saturated carbocycles. The zero-order chi connectivity index (χ0) is 52.5. The second kappa shape index (κ2) is 17.8. The molecule has 5 aliphatic rings. The standard InChI is InChI=1S/C76H58N2OSi/c1-4-20-56(21-5-1)80(57-22-6-2-7-23-57,58-24-8-3-9-25-58)59-41-38-52(39-42-59)63-49-53(60-28-18-37-73-74(60)62-27-11-17-36-72(62)79-73)40-43-67(63)77-66-31-14-10-26-61(66)75-70(77)34-19-35-71(75)78-68-32-15-12-29-64(68)76(65-30-13-16-33-69(65)78)54-45-50-44-51(47-54)48-55(76)46-50/h1-43,49-51,54-55H,44-48H2. The Morgan fingerprint density at radius 3 is 1.50 bits per heavy atom. The summed E-state index contributed by atoms with van der Waals surface area (Å²) in [7, 11) is -2.79. The molecule has 1 spiro atoms. The lowest BCUT2D eigenvalue weighted by Gasteiger charge is -2.64. The van der Waals surface area contributed by atoms with Crippen LogP contribution in [0.25, 0.3) is 71.7 Å². The number of rotatable bonds is 8. The maximum atomic E-state index is 6.52. The summed E-state index contributed by atoms with van der Waals surface area (Å²) in [6.45, 7) is 0. The second-order valence-electron chi connectivity index (χ2n) is 23.5. The van der Waals surface area contributed by atoms with Gasteiger partial charge in [0.25, 0.3) is 0 Å². The van der Waals surface area contributed by atoms with Crippen molar-refractivity contribution in [1.29, 1.82) is 0 Å². The Bertz CT molecular complexity index is 4380. The lowest BCUT2D eigenvalue weighted by Crippen LogP contribution is -2.74. The van der Waals surface area contributed by atoms with Crippen LogP contribution >= 0.6 is 0 Å². The smallest absolute Gasteiger partial charge is 0.179 e. The molecule has 1 aliphatic heterocycles. The van der Waals surface area contributed by atoms with Crippen LogP contribution in [0.4, 0.5) is 17.1 Å². The van der Waals surface area contributed by atoms with Crippen molar-refractivity contribution < 1.29 is 4.42 Å². The Labute approximate surface area is 468 Å². The van der Waals surface area contributed by atoms with E-state index < -0.39 is 8.07 Å². The summed E-state index contributed by atoms with van der Waals surface area (Å²) in [5.74, 6) is 3.10. The Morgan fingerprint density at radius 1 is 0.350 bits per heavy atom. The average Bonchev–Trinajstić information content (AvgIpc) is 3.95. The van der Waals surface area contributed by atoms with E-state index >= 15 is 0 Å². The van der Waals surface area contributed by atoms with Crippen LogP contribution in [0.5, 0.6) is 0 Å². The fourth-order valence-electron chi connectivity index (χ4n) is 16.9. The molecule has 80 heavy (non-hydrogen) atoms. The van der Waals surface area contributed by atoms with Gasteiger partial charge in [-0.1, -0.05) is 212 Å². The molecular weight excluding hydrogens is 985 g/mol. The minimum Gasteiger partial charge on any atom is -0.456 e. The van der Waals surface area contributed by atoms with Gasteiger partial charge in [0.1, 0.15) is 11.2 Å². The zero-order valence-electron chi connectivity index (χ0n) is 44.6. The van der Waals surface area contributed by atoms with Crippen molar-refractivity contribution in [3.8, 4) is 27.9 Å². The number of hydrogen-bond donors (Lipinski definition) is 0. The van der Waals surface area contributed by atoms with Gasteiger partial charge in [-0.05, 0) is 159 Å². The van der Waals surface area contributed by atoms with Gasteiger partial charge in [0, 0.05) is 32.5 Å². The van der Waals surface area contributed by atoms with Crippen LogP contribution in [0.3, 0.4) is 0 Å². The summed E-state index contributed by atoms with van der Waals surface area (Å²) >= 11 is 0. The number of furan rings is 1. The Morgan fingerprint density at radius 2 is 0.850 bits per heavy atom. The van der Waals surface area contributed by atoms with Gasteiger partial charge in [-0.2, -0.15) is 0 Å². The first kappa shape index (κ1) is 46.0. The first-order valence-corrected chi connectivity index (χ1v) is 31.0. The predicted octanol–water partition coefficient (Wildman–Crippen LogP) is 16.9. The molecule has 0 atom stereocenters. The van der Waals surface area contributed by atoms with Crippen molar-refractivity contribution in [1.82, 2.24) is 4.57 Å². The molecule has 0 unspecified atom stereocenters. The van der Waals surface area contributed by atoms with Gasteiger partial charge in [-0.25, -0.2) is 0 Å².